The highest BCUT2D eigenvalue weighted by atomic mass is 19.1. The van der Waals surface area contributed by atoms with Crippen molar-refractivity contribution in [3.8, 4) is 0 Å². The fourth-order valence-electron chi connectivity index (χ4n) is 1.98. The summed E-state index contributed by atoms with van der Waals surface area (Å²) >= 11 is 0. The molecule has 2 heteroatoms. The van der Waals surface area contributed by atoms with E-state index in [1.165, 1.54) is 12.1 Å². The lowest BCUT2D eigenvalue weighted by molar-refractivity contribution is 0.627. The number of nitrogens with zero attached hydrogens (tertiary/aromatic N) is 1. The van der Waals surface area contributed by atoms with E-state index in [1.807, 2.05) is 48.7 Å². The molecule has 0 saturated carbocycles. The summed E-state index contributed by atoms with van der Waals surface area (Å²) in [6.45, 7) is 0. The molecular weight excluding hydrogens is 237 g/mol. The summed E-state index contributed by atoms with van der Waals surface area (Å²) in [4.78, 5) is 4.36. The molecule has 0 amide bonds. The van der Waals surface area contributed by atoms with Gasteiger partial charge in [0.2, 0.25) is 0 Å². The molecule has 0 aliphatic rings. The van der Waals surface area contributed by atoms with Gasteiger partial charge in [0.1, 0.15) is 5.82 Å². The molecule has 2 aromatic carbocycles. The maximum absolute atomic E-state index is 13.1. The minimum atomic E-state index is -0.228. The van der Waals surface area contributed by atoms with Crippen LogP contribution in [0.1, 0.15) is 11.3 Å². The van der Waals surface area contributed by atoms with Gasteiger partial charge in [0.15, 0.2) is 0 Å². The summed E-state index contributed by atoms with van der Waals surface area (Å²) in [6.07, 6.45) is 5.60. The topological polar surface area (TPSA) is 12.9 Å². The number of fused-ring (bicyclic) bond motifs is 1. The number of aromatic nitrogens is 1. The fourth-order valence-corrected chi connectivity index (χ4v) is 1.98. The second kappa shape index (κ2) is 5.02. The zero-order valence-electron chi connectivity index (χ0n) is 10.3. The van der Waals surface area contributed by atoms with Crippen molar-refractivity contribution in [2.45, 2.75) is 0 Å². The molecule has 0 aliphatic carbocycles. The van der Waals surface area contributed by atoms with E-state index >= 15 is 0 Å². The highest BCUT2D eigenvalue weighted by Crippen LogP contribution is 2.15. The maximum atomic E-state index is 13.1. The van der Waals surface area contributed by atoms with Crippen molar-refractivity contribution in [2.75, 3.05) is 0 Å². The average Bonchev–Trinajstić information content (AvgIpc) is 2.45. The molecule has 0 saturated heterocycles. The molecule has 0 radical (unpaired) electrons. The summed E-state index contributed by atoms with van der Waals surface area (Å²) < 4.78 is 13.1. The smallest absolute Gasteiger partial charge is 0.123 e. The van der Waals surface area contributed by atoms with Gasteiger partial charge in [-0.2, -0.15) is 0 Å². The summed E-state index contributed by atoms with van der Waals surface area (Å²) in [7, 11) is 0. The molecular formula is C17H12FN. The van der Waals surface area contributed by atoms with Crippen LogP contribution >= 0.6 is 0 Å². The van der Waals surface area contributed by atoms with Crippen molar-refractivity contribution in [1.82, 2.24) is 4.98 Å². The molecule has 92 valence electrons. The molecule has 0 aliphatic heterocycles. The Balaban J connectivity index is 1.92. The van der Waals surface area contributed by atoms with Gasteiger partial charge in [-0.25, -0.2) is 4.39 Å². The molecule has 3 aromatic rings. The summed E-state index contributed by atoms with van der Waals surface area (Å²) in [5.41, 5.74) is 1.69. The number of benzene rings is 2. The van der Waals surface area contributed by atoms with Crippen LogP contribution in [0, 0.1) is 5.82 Å². The van der Waals surface area contributed by atoms with Crippen LogP contribution in [0.25, 0.3) is 22.9 Å². The van der Waals surface area contributed by atoms with Crippen LogP contribution in [0.15, 0.2) is 60.8 Å². The number of pyridine rings is 1. The minimum absolute atomic E-state index is 0.228. The number of hydrogen-bond donors (Lipinski definition) is 0. The van der Waals surface area contributed by atoms with Crippen molar-refractivity contribution in [1.29, 1.82) is 0 Å². The van der Waals surface area contributed by atoms with E-state index < -0.39 is 0 Å². The first kappa shape index (κ1) is 11.6. The Kier molecular flexibility index (Phi) is 3.07. The summed E-state index contributed by atoms with van der Waals surface area (Å²) in [6, 6.07) is 16.6. The van der Waals surface area contributed by atoms with Gasteiger partial charge < -0.3 is 0 Å². The SMILES string of the molecule is Fc1cccc(/C=C/c2cc3ccccc3cn2)c1. The van der Waals surface area contributed by atoms with Crippen LogP contribution in [-0.4, -0.2) is 4.98 Å². The van der Waals surface area contributed by atoms with E-state index in [1.54, 1.807) is 6.07 Å². The highest BCUT2D eigenvalue weighted by molar-refractivity contribution is 5.84. The molecule has 0 N–H and O–H groups in total. The first-order valence-electron chi connectivity index (χ1n) is 6.10. The Morgan fingerprint density at radius 2 is 1.68 bits per heavy atom. The third kappa shape index (κ3) is 2.68. The van der Waals surface area contributed by atoms with E-state index in [9.17, 15) is 4.39 Å². The van der Waals surface area contributed by atoms with E-state index in [0.717, 1.165) is 22.0 Å². The van der Waals surface area contributed by atoms with Crippen molar-refractivity contribution in [2.24, 2.45) is 0 Å². The zero-order valence-corrected chi connectivity index (χ0v) is 10.3. The maximum Gasteiger partial charge on any atom is 0.123 e. The molecule has 3 rings (SSSR count). The normalized spacial score (nSPS) is 11.2. The Labute approximate surface area is 111 Å². The monoisotopic (exact) mass is 249 g/mol. The average molecular weight is 249 g/mol. The lowest BCUT2D eigenvalue weighted by Crippen LogP contribution is -1.81. The molecule has 19 heavy (non-hydrogen) atoms. The van der Waals surface area contributed by atoms with Gasteiger partial charge in [0.05, 0.1) is 5.69 Å². The second-order valence-electron chi connectivity index (χ2n) is 4.34. The number of halogens is 1. The van der Waals surface area contributed by atoms with E-state index in [0.29, 0.717) is 0 Å². The molecule has 1 aromatic heterocycles. The van der Waals surface area contributed by atoms with Crippen LogP contribution in [0.5, 0.6) is 0 Å². The largest absolute Gasteiger partial charge is 0.256 e. The number of hydrogen-bond acceptors (Lipinski definition) is 1. The molecule has 0 atom stereocenters. The van der Waals surface area contributed by atoms with Crippen LogP contribution in [-0.2, 0) is 0 Å². The molecule has 1 nitrogen and oxygen atoms in total. The Hall–Kier alpha value is -2.48. The summed E-state index contributed by atoms with van der Waals surface area (Å²) in [5, 5.41) is 2.27. The Morgan fingerprint density at radius 1 is 0.842 bits per heavy atom. The van der Waals surface area contributed by atoms with Gasteiger partial charge >= 0.3 is 0 Å². The Bertz CT molecular complexity index is 747. The second-order valence-corrected chi connectivity index (χ2v) is 4.34. The quantitative estimate of drug-likeness (QED) is 0.649. The van der Waals surface area contributed by atoms with E-state index in [-0.39, 0.29) is 5.82 Å². The van der Waals surface area contributed by atoms with Crippen LogP contribution in [0.3, 0.4) is 0 Å². The van der Waals surface area contributed by atoms with Crippen molar-refractivity contribution in [3.05, 3.63) is 77.9 Å². The van der Waals surface area contributed by atoms with Gasteiger partial charge in [-0.05, 0) is 35.2 Å². The van der Waals surface area contributed by atoms with Gasteiger partial charge in [0.25, 0.3) is 0 Å². The van der Waals surface area contributed by atoms with Gasteiger partial charge in [-0.3, -0.25) is 4.98 Å². The molecule has 1 heterocycles. The lowest BCUT2D eigenvalue weighted by Gasteiger charge is -1.98. The van der Waals surface area contributed by atoms with Crippen molar-refractivity contribution < 1.29 is 4.39 Å². The van der Waals surface area contributed by atoms with Gasteiger partial charge in [-0.1, -0.05) is 42.5 Å². The van der Waals surface area contributed by atoms with Crippen molar-refractivity contribution in [3.63, 3.8) is 0 Å². The lowest BCUT2D eigenvalue weighted by atomic mass is 10.1. The van der Waals surface area contributed by atoms with Gasteiger partial charge in [0, 0.05) is 11.6 Å². The first-order chi connectivity index (χ1) is 9.31. The molecule has 0 spiro atoms. The molecule has 0 fully saturated rings. The fraction of sp³-hybridized carbons (Fsp3) is 0. The molecule has 0 unspecified atom stereocenters. The van der Waals surface area contributed by atoms with Crippen LogP contribution < -0.4 is 0 Å². The van der Waals surface area contributed by atoms with Crippen LogP contribution in [0.4, 0.5) is 4.39 Å². The van der Waals surface area contributed by atoms with Gasteiger partial charge in [-0.15, -0.1) is 0 Å². The van der Waals surface area contributed by atoms with E-state index in [4.69, 9.17) is 0 Å². The minimum Gasteiger partial charge on any atom is -0.256 e. The predicted molar refractivity (Wildman–Crippen MR) is 77.1 cm³/mol. The van der Waals surface area contributed by atoms with Crippen molar-refractivity contribution >= 4 is 22.9 Å². The number of rotatable bonds is 2. The molecule has 0 bridgehead atoms. The predicted octanol–water partition coefficient (Wildman–Crippen LogP) is 4.54. The standard InChI is InChI=1S/C17H12FN/c18-16-7-3-4-13(10-16)8-9-17-11-14-5-1-2-6-15(14)12-19-17/h1-12H/b9-8+. The zero-order chi connectivity index (χ0) is 13.1. The third-order valence-corrected chi connectivity index (χ3v) is 2.95. The summed E-state index contributed by atoms with van der Waals surface area (Å²) in [5.74, 6) is -0.228. The van der Waals surface area contributed by atoms with Crippen LogP contribution in [0.2, 0.25) is 0 Å². The first-order valence-corrected chi connectivity index (χ1v) is 6.10. The third-order valence-electron chi connectivity index (χ3n) is 2.95. The Morgan fingerprint density at radius 3 is 2.53 bits per heavy atom. The highest BCUT2D eigenvalue weighted by Gasteiger charge is 1.95. The van der Waals surface area contributed by atoms with E-state index in [2.05, 4.69) is 11.1 Å².